The Kier molecular flexibility index (Phi) is 6.16. The Morgan fingerprint density at radius 2 is 2.00 bits per heavy atom. The molecule has 0 bridgehead atoms. The van der Waals surface area contributed by atoms with Crippen molar-refractivity contribution in [1.29, 1.82) is 0 Å². The Morgan fingerprint density at radius 1 is 1.24 bits per heavy atom. The van der Waals surface area contributed by atoms with Gasteiger partial charge in [-0.1, -0.05) is 39.0 Å². The molecule has 0 aliphatic carbocycles. The van der Waals surface area contributed by atoms with E-state index in [-0.39, 0.29) is 11.5 Å². The number of aliphatic hydroxyl groups excluding tert-OH is 1. The van der Waals surface area contributed by atoms with Gasteiger partial charge in [-0.25, -0.2) is 0 Å². The van der Waals surface area contributed by atoms with Crippen LogP contribution in [0.4, 0.5) is 0 Å². The average Bonchev–Trinajstić information content (AvgIpc) is 2.59. The Bertz CT molecular complexity index is 561. The van der Waals surface area contributed by atoms with E-state index < -0.39 is 6.10 Å². The minimum absolute atomic E-state index is 0.175. The van der Waals surface area contributed by atoms with Crippen LogP contribution in [-0.2, 0) is 27.9 Å². The molecule has 2 heterocycles. The first-order valence-corrected chi connectivity index (χ1v) is 9.64. The van der Waals surface area contributed by atoms with E-state index in [0.29, 0.717) is 13.2 Å². The maximum Gasteiger partial charge on any atom is 0.0900 e. The molecule has 0 unspecified atom stereocenters. The lowest BCUT2D eigenvalue weighted by molar-refractivity contribution is -0.0647. The van der Waals surface area contributed by atoms with Crippen molar-refractivity contribution < 1.29 is 14.6 Å². The third-order valence-corrected chi connectivity index (χ3v) is 5.33. The number of fused-ring (bicyclic) bond motifs is 1. The number of hydrogen-bond donors (Lipinski definition) is 1. The highest BCUT2D eigenvalue weighted by molar-refractivity contribution is 5.36. The third-order valence-electron chi connectivity index (χ3n) is 5.33. The summed E-state index contributed by atoms with van der Waals surface area (Å²) < 4.78 is 11.2. The van der Waals surface area contributed by atoms with Crippen molar-refractivity contribution in [3.63, 3.8) is 0 Å². The van der Waals surface area contributed by atoms with E-state index >= 15 is 0 Å². The zero-order chi connectivity index (χ0) is 17.9. The fourth-order valence-corrected chi connectivity index (χ4v) is 3.68. The highest BCUT2D eigenvalue weighted by Crippen LogP contribution is 2.27. The van der Waals surface area contributed by atoms with Crippen LogP contribution in [0.2, 0.25) is 0 Å². The molecule has 25 heavy (non-hydrogen) atoms. The fourth-order valence-electron chi connectivity index (χ4n) is 3.68. The van der Waals surface area contributed by atoms with Crippen LogP contribution in [0.15, 0.2) is 18.2 Å². The first-order valence-electron chi connectivity index (χ1n) is 9.64. The second kappa shape index (κ2) is 8.17. The molecule has 1 aromatic carbocycles. The SMILES string of the molecule is CC(C)(C)c1ccc2c(c1)CN(C[C@H](O)COC1CCOCC1)CC2. The summed E-state index contributed by atoms with van der Waals surface area (Å²) in [4.78, 5) is 2.35. The van der Waals surface area contributed by atoms with Crippen LogP contribution in [0.5, 0.6) is 0 Å². The molecule has 0 saturated carbocycles. The second-order valence-corrected chi connectivity index (χ2v) is 8.52. The molecule has 1 aromatic rings. The van der Waals surface area contributed by atoms with E-state index in [9.17, 15) is 5.11 Å². The second-order valence-electron chi connectivity index (χ2n) is 8.52. The molecule has 1 fully saturated rings. The van der Waals surface area contributed by atoms with E-state index in [0.717, 1.165) is 45.6 Å². The summed E-state index contributed by atoms with van der Waals surface area (Å²) in [6, 6.07) is 6.91. The maximum atomic E-state index is 10.4. The van der Waals surface area contributed by atoms with Gasteiger partial charge in [0.05, 0.1) is 18.8 Å². The molecule has 1 atom stereocenters. The van der Waals surface area contributed by atoms with E-state index in [1.807, 2.05) is 0 Å². The zero-order valence-electron chi connectivity index (χ0n) is 16.0. The zero-order valence-corrected chi connectivity index (χ0v) is 16.0. The van der Waals surface area contributed by atoms with Gasteiger partial charge in [0, 0.05) is 32.8 Å². The predicted octanol–water partition coefficient (Wildman–Crippen LogP) is 2.90. The molecule has 0 spiro atoms. The van der Waals surface area contributed by atoms with Crippen molar-refractivity contribution in [2.24, 2.45) is 0 Å². The van der Waals surface area contributed by atoms with Crippen molar-refractivity contribution in [1.82, 2.24) is 4.90 Å². The van der Waals surface area contributed by atoms with Crippen LogP contribution in [-0.4, -0.2) is 55.1 Å². The first kappa shape index (κ1) is 18.8. The van der Waals surface area contributed by atoms with Crippen molar-refractivity contribution in [3.8, 4) is 0 Å². The normalized spacial score (nSPS) is 21.1. The van der Waals surface area contributed by atoms with Gasteiger partial charge in [0.1, 0.15) is 0 Å². The van der Waals surface area contributed by atoms with Crippen molar-refractivity contribution in [2.75, 3.05) is 32.9 Å². The summed E-state index contributed by atoms with van der Waals surface area (Å²) in [7, 11) is 0. The van der Waals surface area contributed by atoms with Gasteiger partial charge >= 0.3 is 0 Å². The van der Waals surface area contributed by atoms with Crippen molar-refractivity contribution in [2.45, 2.75) is 64.2 Å². The van der Waals surface area contributed by atoms with E-state index in [2.05, 4.69) is 43.9 Å². The topological polar surface area (TPSA) is 41.9 Å². The lowest BCUT2D eigenvalue weighted by atomic mass is 9.84. The van der Waals surface area contributed by atoms with Gasteiger partial charge in [-0.15, -0.1) is 0 Å². The standard InChI is InChI=1S/C21H33NO3/c1-21(2,3)18-5-4-16-6-9-22(13-17(16)12-18)14-19(23)15-25-20-7-10-24-11-8-20/h4-5,12,19-20,23H,6-11,13-15H2,1-3H3/t19-/m0/s1. The third kappa shape index (κ3) is 5.27. The molecular weight excluding hydrogens is 314 g/mol. The van der Waals surface area contributed by atoms with Gasteiger partial charge in [0.2, 0.25) is 0 Å². The van der Waals surface area contributed by atoms with Gasteiger partial charge in [0.25, 0.3) is 0 Å². The van der Waals surface area contributed by atoms with Gasteiger partial charge in [-0.3, -0.25) is 4.90 Å². The smallest absolute Gasteiger partial charge is 0.0900 e. The van der Waals surface area contributed by atoms with E-state index in [4.69, 9.17) is 9.47 Å². The number of ether oxygens (including phenoxy) is 2. The summed E-state index contributed by atoms with van der Waals surface area (Å²) in [5, 5.41) is 10.4. The molecule has 0 amide bonds. The quantitative estimate of drug-likeness (QED) is 0.889. The molecular formula is C21H33NO3. The van der Waals surface area contributed by atoms with Crippen LogP contribution < -0.4 is 0 Å². The van der Waals surface area contributed by atoms with Crippen LogP contribution in [0.3, 0.4) is 0 Å². The lowest BCUT2D eigenvalue weighted by Crippen LogP contribution is -2.39. The Morgan fingerprint density at radius 3 is 2.72 bits per heavy atom. The molecule has 4 heteroatoms. The summed E-state index contributed by atoms with van der Waals surface area (Å²) in [6.07, 6.45) is 2.78. The van der Waals surface area contributed by atoms with Crippen molar-refractivity contribution >= 4 is 0 Å². The van der Waals surface area contributed by atoms with Crippen LogP contribution >= 0.6 is 0 Å². The summed E-state index contributed by atoms with van der Waals surface area (Å²) >= 11 is 0. The minimum Gasteiger partial charge on any atom is -0.389 e. The highest BCUT2D eigenvalue weighted by atomic mass is 16.5. The number of rotatable bonds is 5. The number of β-amino-alcohol motifs (C(OH)–C–C–N with tert-alkyl or cyclic N) is 1. The summed E-state index contributed by atoms with van der Waals surface area (Å²) in [5.41, 5.74) is 4.43. The Hall–Kier alpha value is -0.940. The lowest BCUT2D eigenvalue weighted by Gasteiger charge is -2.32. The van der Waals surface area contributed by atoms with Gasteiger partial charge < -0.3 is 14.6 Å². The maximum absolute atomic E-state index is 10.4. The van der Waals surface area contributed by atoms with Gasteiger partial charge in [-0.05, 0) is 41.4 Å². The molecule has 2 aliphatic rings. The number of nitrogens with zero attached hydrogens (tertiary/aromatic N) is 1. The summed E-state index contributed by atoms with van der Waals surface area (Å²) in [6.45, 7) is 11.4. The van der Waals surface area contributed by atoms with Gasteiger partial charge in [-0.2, -0.15) is 0 Å². The van der Waals surface area contributed by atoms with Crippen LogP contribution in [0.1, 0.15) is 50.3 Å². The Labute approximate surface area is 152 Å². The van der Waals surface area contributed by atoms with E-state index in [1.54, 1.807) is 0 Å². The Balaban J connectivity index is 1.51. The molecule has 1 saturated heterocycles. The monoisotopic (exact) mass is 347 g/mol. The molecule has 140 valence electrons. The van der Waals surface area contributed by atoms with Gasteiger partial charge in [0.15, 0.2) is 0 Å². The molecule has 0 aromatic heterocycles. The number of aliphatic hydroxyl groups is 1. The highest BCUT2D eigenvalue weighted by Gasteiger charge is 2.22. The molecule has 4 nitrogen and oxygen atoms in total. The van der Waals surface area contributed by atoms with Crippen LogP contribution in [0, 0.1) is 0 Å². The first-order chi connectivity index (χ1) is 11.9. The molecule has 2 aliphatic heterocycles. The fraction of sp³-hybridized carbons (Fsp3) is 0.714. The largest absolute Gasteiger partial charge is 0.389 e. The predicted molar refractivity (Wildman–Crippen MR) is 99.9 cm³/mol. The molecule has 0 radical (unpaired) electrons. The van der Waals surface area contributed by atoms with Crippen molar-refractivity contribution in [3.05, 3.63) is 34.9 Å². The molecule has 1 N–H and O–H groups in total. The summed E-state index contributed by atoms with van der Waals surface area (Å²) in [5.74, 6) is 0. The number of benzene rings is 1. The molecule has 3 rings (SSSR count). The van der Waals surface area contributed by atoms with E-state index in [1.165, 1.54) is 16.7 Å². The van der Waals surface area contributed by atoms with Crippen LogP contribution in [0.25, 0.3) is 0 Å². The average molecular weight is 347 g/mol. The minimum atomic E-state index is -0.421. The number of hydrogen-bond acceptors (Lipinski definition) is 4.